The van der Waals surface area contributed by atoms with Crippen LogP contribution in [0.25, 0.3) is 0 Å². The Labute approximate surface area is 117 Å². The van der Waals surface area contributed by atoms with Gasteiger partial charge < -0.3 is 4.74 Å². The molecule has 20 heavy (non-hydrogen) atoms. The van der Waals surface area contributed by atoms with Crippen molar-refractivity contribution in [2.24, 2.45) is 0 Å². The van der Waals surface area contributed by atoms with Crippen LogP contribution in [0.15, 0.2) is 35.9 Å². The number of rotatable bonds is 4. The molecule has 0 bridgehead atoms. The average molecular weight is 280 g/mol. The minimum Gasteiger partial charge on any atom is -0.435 e. The van der Waals surface area contributed by atoms with Crippen LogP contribution < -0.4 is 4.74 Å². The van der Waals surface area contributed by atoms with E-state index in [-0.39, 0.29) is 11.5 Å². The van der Waals surface area contributed by atoms with Gasteiger partial charge in [-0.3, -0.25) is 4.79 Å². The Bertz CT molecular complexity index is 495. The zero-order valence-corrected chi connectivity index (χ0v) is 11.3. The highest BCUT2D eigenvalue weighted by Crippen LogP contribution is 2.23. The molecule has 1 aromatic rings. The number of Topliss-reactive ketones (excluding diaryl/α,β-unsaturated/α-hetero) is 1. The second kappa shape index (κ2) is 7.17. The molecule has 4 heteroatoms. The number of carbonyl (C=O) groups excluding carboxylic acids is 1. The van der Waals surface area contributed by atoms with E-state index in [0.29, 0.717) is 5.56 Å². The number of allylic oxidation sites excluding steroid dienone is 2. The van der Waals surface area contributed by atoms with Crippen LogP contribution in [-0.4, -0.2) is 12.4 Å². The summed E-state index contributed by atoms with van der Waals surface area (Å²) in [5.74, 6) is -0.0519. The van der Waals surface area contributed by atoms with Gasteiger partial charge in [-0.05, 0) is 43.4 Å². The maximum Gasteiger partial charge on any atom is 0.387 e. The van der Waals surface area contributed by atoms with E-state index >= 15 is 0 Å². The van der Waals surface area contributed by atoms with Crippen molar-refractivity contribution in [2.75, 3.05) is 0 Å². The highest BCUT2D eigenvalue weighted by Gasteiger charge is 2.14. The van der Waals surface area contributed by atoms with Gasteiger partial charge in [0.25, 0.3) is 0 Å². The van der Waals surface area contributed by atoms with E-state index < -0.39 is 6.61 Å². The molecule has 0 spiro atoms. The monoisotopic (exact) mass is 280 g/mol. The molecule has 0 amide bonds. The van der Waals surface area contributed by atoms with Crippen molar-refractivity contribution in [1.82, 2.24) is 0 Å². The quantitative estimate of drug-likeness (QED) is 0.744. The second-order valence-electron chi connectivity index (χ2n) is 4.92. The van der Waals surface area contributed by atoms with E-state index in [1.54, 1.807) is 12.1 Å². The van der Waals surface area contributed by atoms with Crippen LogP contribution >= 0.6 is 0 Å². The molecule has 2 nitrogen and oxygen atoms in total. The van der Waals surface area contributed by atoms with Crippen LogP contribution in [0.2, 0.25) is 0 Å². The van der Waals surface area contributed by atoms with Crippen molar-refractivity contribution in [3.05, 3.63) is 41.5 Å². The van der Waals surface area contributed by atoms with Gasteiger partial charge in [-0.2, -0.15) is 8.78 Å². The summed E-state index contributed by atoms with van der Waals surface area (Å²) in [6, 6.07) is 6.01. The van der Waals surface area contributed by atoms with Crippen molar-refractivity contribution in [1.29, 1.82) is 0 Å². The number of alkyl halides is 2. The van der Waals surface area contributed by atoms with Crippen LogP contribution in [0.3, 0.4) is 0 Å². The van der Waals surface area contributed by atoms with Crippen molar-refractivity contribution < 1.29 is 18.3 Å². The smallest absolute Gasteiger partial charge is 0.387 e. The summed E-state index contributed by atoms with van der Waals surface area (Å²) in [7, 11) is 0. The lowest BCUT2D eigenvalue weighted by atomic mass is 9.94. The predicted molar refractivity (Wildman–Crippen MR) is 73.2 cm³/mol. The average Bonchev–Trinajstić information content (AvgIpc) is 2.37. The summed E-state index contributed by atoms with van der Waals surface area (Å²) in [5.41, 5.74) is 1.20. The van der Waals surface area contributed by atoms with Gasteiger partial charge in [0.05, 0.1) is 0 Å². The first-order chi connectivity index (χ1) is 9.66. The molecule has 0 atom stereocenters. The van der Waals surface area contributed by atoms with Gasteiger partial charge >= 0.3 is 6.61 Å². The molecule has 0 N–H and O–H groups in total. The van der Waals surface area contributed by atoms with Crippen LogP contribution in [0.1, 0.15) is 48.9 Å². The van der Waals surface area contributed by atoms with Crippen molar-refractivity contribution >= 4 is 5.78 Å². The number of ether oxygens (including phenoxy) is 1. The van der Waals surface area contributed by atoms with E-state index in [0.717, 1.165) is 37.7 Å². The fourth-order valence-electron chi connectivity index (χ4n) is 2.40. The molecule has 1 aromatic carbocycles. The Morgan fingerprint density at radius 3 is 2.75 bits per heavy atom. The first-order valence-electron chi connectivity index (χ1n) is 6.95. The third-order valence-corrected chi connectivity index (χ3v) is 3.40. The van der Waals surface area contributed by atoms with E-state index in [4.69, 9.17) is 0 Å². The second-order valence-corrected chi connectivity index (χ2v) is 4.92. The molecule has 0 heterocycles. The molecule has 0 saturated heterocycles. The van der Waals surface area contributed by atoms with Gasteiger partial charge in [-0.15, -0.1) is 0 Å². The highest BCUT2D eigenvalue weighted by molar-refractivity contribution is 6.08. The first-order valence-corrected chi connectivity index (χ1v) is 6.95. The van der Waals surface area contributed by atoms with Gasteiger partial charge in [0.15, 0.2) is 5.78 Å². The Morgan fingerprint density at radius 2 is 1.95 bits per heavy atom. The first kappa shape index (κ1) is 14.7. The van der Waals surface area contributed by atoms with Crippen molar-refractivity contribution in [3.8, 4) is 5.75 Å². The van der Waals surface area contributed by atoms with Crippen molar-refractivity contribution in [3.63, 3.8) is 0 Å². The SMILES string of the molecule is O=C(/C1=C/CCCCCC1)c1cccc(OC(F)F)c1. The Kier molecular flexibility index (Phi) is 5.27. The van der Waals surface area contributed by atoms with Gasteiger partial charge in [0.2, 0.25) is 0 Å². The van der Waals surface area contributed by atoms with Gasteiger partial charge in [-0.1, -0.05) is 31.1 Å². The maximum atomic E-state index is 12.4. The molecular weight excluding hydrogens is 262 g/mol. The third-order valence-electron chi connectivity index (χ3n) is 3.40. The lowest BCUT2D eigenvalue weighted by Gasteiger charge is -2.11. The number of carbonyl (C=O) groups is 1. The Morgan fingerprint density at radius 1 is 1.15 bits per heavy atom. The van der Waals surface area contributed by atoms with Crippen LogP contribution in [-0.2, 0) is 0 Å². The minimum atomic E-state index is -2.87. The standard InChI is InChI=1S/C16H18F2O2/c17-16(18)20-14-10-6-9-13(11-14)15(19)12-7-4-2-1-3-5-8-12/h6-7,9-11,16H,1-5,8H2/b12-7+. The van der Waals surface area contributed by atoms with Crippen molar-refractivity contribution in [2.45, 2.75) is 45.1 Å². The maximum absolute atomic E-state index is 12.4. The molecule has 0 aliphatic heterocycles. The van der Waals surface area contributed by atoms with Crippen LogP contribution in [0, 0.1) is 0 Å². The van der Waals surface area contributed by atoms with E-state index in [1.807, 2.05) is 6.08 Å². The van der Waals surface area contributed by atoms with Crippen LogP contribution in [0.5, 0.6) is 5.75 Å². The number of hydrogen-bond acceptors (Lipinski definition) is 2. The number of benzene rings is 1. The number of ketones is 1. The summed E-state index contributed by atoms with van der Waals surface area (Å²) in [5, 5.41) is 0. The Hall–Kier alpha value is -1.71. The van der Waals surface area contributed by atoms with E-state index in [2.05, 4.69) is 4.74 Å². The fraction of sp³-hybridized carbons (Fsp3) is 0.438. The van der Waals surface area contributed by atoms with E-state index in [1.165, 1.54) is 18.6 Å². The Balaban J connectivity index is 2.15. The molecule has 108 valence electrons. The highest BCUT2D eigenvalue weighted by atomic mass is 19.3. The minimum absolute atomic E-state index is 0.0253. The largest absolute Gasteiger partial charge is 0.435 e. The molecule has 0 radical (unpaired) electrons. The molecule has 0 saturated carbocycles. The number of hydrogen-bond donors (Lipinski definition) is 0. The summed E-state index contributed by atoms with van der Waals surface area (Å²) >= 11 is 0. The fourth-order valence-corrected chi connectivity index (χ4v) is 2.40. The predicted octanol–water partition coefficient (Wildman–Crippen LogP) is 4.75. The normalized spacial score (nSPS) is 18.9. The molecule has 1 aliphatic carbocycles. The molecule has 0 unspecified atom stereocenters. The lowest BCUT2D eigenvalue weighted by Crippen LogP contribution is -2.07. The molecule has 2 rings (SSSR count). The summed E-state index contributed by atoms with van der Waals surface area (Å²) < 4.78 is 28.7. The van der Waals surface area contributed by atoms with E-state index in [9.17, 15) is 13.6 Å². The molecular formula is C16H18F2O2. The molecule has 0 aromatic heterocycles. The van der Waals surface area contributed by atoms with Crippen LogP contribution in [0.4, 0.5) is 8.78 Å². The number of halogens is 2. The molecule has 1 aliphatic rings. The van der Waals surface area contributed by atoms with Gasteiger partial charge in [0.1, 0.15) is 5.75 Å². The third kappa shape index (κ3) is 4.15. The summed E-state index contributed by atoms with van der Waals surface area (Å²) in [6.45, 7) is -2.87. The topological polar surface area (TPSA) is 26.3 Å². The van der Waals surface area contributed by atoms with Gasteiger partial charge in [0, 0.05) is 5.56 Å². The molecule has 0 fully saturated rings. The zero-order chi connectivity index (χ0) is 14.4. The zero-order valence-electron chi connectivity index (χ0n) is 11.3. The lowest BCUT2D eigenvalue weighted by molar-refractivity contribution is -0.0498. The summed E-state index contributed by atoms with van der Waals surface area (Å²) in [4.78, 5) is 12.4. The van der Waals surface area contributed by atoms with Gasteiger partial charge in [-0.25, -0.2) is 0 Å². The summed E-state index contributed by atoms with van der Waals surface area (Å²) in [6.07, 6.45) is 8.11.